The molecular formula is C23H24FN3O3. The molecule has 7 heteroatoms. The van der Waals surface area contributed by atoms with E-state index < -0.39 is 5.92 Å². The van der Waals surface area contributed by atoms with Crippen LogP contribution in [0.2, 0.25) is 0 Å². The van der Waals surface area contributed by atoms with E-state index in [0.29, 0.717) is 29.2 Å². The predicted octanol–water partition coefficient (Wildman–Crippen LogP) is 3.55. The number of halogens is 1. The maximum atomic E-state index is 13.9. The molecule has 1 aromatic carbocycles. The molecule has 1 fully saturated rings. The quantitative estimate of drug-likeness (QED) is 0.555. The van der Waals surface area contributed by atoms with E-state index in [1.54, 1.807) is 18.3 Å². The van der Waals surface area contributed by atoms with Gasteiger partial charge in [0.05, 0.1) is 18.0 Å². The Morgan fingerprint density at radius 3 is 2.77 bits per heavy atom. The lowest BCUT2D eigenvalue weighted by Crippen LogP contribution is -2.15. The van der Waals surface area contributed by atoms with Gasteiger partial charge in [0.15, 0.2) is 0 Å². The monoisotopic (exact) mass is 409 g/mol. The SMILES string of the molecule is Cc1ccc(F)cc1-c1cc2cnc(NC(=O)C3CC3)cc2c(C(CO)CCO)n1. The highest BCUT2D eigenvalue weighted by molar-refractivity contribution is 5.96. The van der Waals surface area contributed by atoms with Crippen molar-refractivity contribution in [2.75, 3.05) is 18.5 Å². The zero-order chi connectivity index (χ0) is 21.3. The fourth-order valence-electron chi connectivity index (χ4n) is 3.60. The van der Waals surface area contributed by atoms with Crippen molar-refractivity contribution >= 4 is 22.5 Å². The van der Waals surface area contributed by atoms with E-state index in [-0.39, 0.29) is 30.9 Å². The summed E-state index contributed by atoms with van der Waals surface area (Å²) >= 11 is 0. The summed E-state index contributed by atoms with van der Waals surface area (Å²) < 4.78 is 13.9. The van der Waals surface area contributed by atoms with Crippen molar-refractivity contribution < 1.29 is 19.4 Å². The molecule has 6 nitrogen and oxygen atoms in total. The topological polar surface area (TPSA) is 95.3 Å². The predicted molar refractivity (Wildman–Crippen MR) is 113 cm³/mol. The van der Waals surface area contributed by atoms with E-state index in [1.807, 2.05) is 13.0 Å². The number of aliphatic hydroxyl groups is 2. The lowest BCUT2D eigenvalue weighted by atomic mass is 9.95. The minimum absolute atomic E-state index is 0.0440. The maximum absolute atomic E-state index is 13.9. The fraction of sp³-hybridized carbons (Fsp3) is 0.348. The Kier molecular flexibility index (Phi) is 5.74. The van der Waals surface area contributed by atoms with Crippen LogP contribution in [-0.4, -0.2) is 39.3 Å². The molecule has 1 aliphatic carbocycles. The summed E-state index contributed by atoms with van der Waals surface area (Å²) in [4.78, 5) is 21.2. The number of aliphatic hydroxyl groups excluding tert-OH is 2. The minimum atomic E-state index is -0.402. The molecule has 1 saturated carbocycles. The molecule has 30 heavy (non-hydrogen) atoms. The van der Waals surface area contributed by atoms with Crippen molar-refractivity contribution in [1.82, 2.24) is 9.97 Å². The Hall–Kier alpha value is -2.90. The summed E-state index contributed by atoms with van der Waals surface area (Å²) in [6.07, 6.45) is 3.77. The van der Waals surface area contributed by atoms with Crippen LogP contribution in [-0.2, 0) is 4.79 Å². The molecule has 2 heterocycles. The largest absolute Gasteiger partial charge is 0.396 e. The lowest BCUT2D eigenvalue weighted by Gasteiger charge is -2.18. The molecule has 2 aromatic heterocycles. The number of amides is 1. The molecule has 0 spiro atoms. The van der Waals surface area contributed by atoms with Crippen LogP contribution in [0.1, 0.15) is 36.4 Å². The third kappa shape index (κ3) is 4.17. The van der Waals surface area contributed by atoms with Crippen molar-refractivity contribution in [2.24, 2.45) is 5.92 Å². The number of aromatic nitrogens is 2. The minimum Gasteiger partial charge on any atom is -0.396 e. The second-order valence-corrected chi connectivity index (χ2v) is 7.80. The Morgan fingerprint density at radius 2 is 2.07 bits per heavy atom. The zero-order valence-electron chi connectivity index (χ0n) is 16.7. The number of benzene rings is 1. The summed E-state index contributed by atoms with van der Waals surface area (Å²) in [7, 11) is 0. The van der Waals surface area contributed by atoms with Crippen LogP contribution < -0.4 is 5.32 Å². The van der Waals surface area contributed by atoms with Gasteiger partial charge in [-0.15, -0.1) is 0 Å². The highest BCUT2D eigenvalue weighted by atomic mass is 19.1. The lowest BCUT2D eigenvalue weighted by molar-refractivity contribution is -0.117. The van der Waals surface area contributed by atoms with Crippen LogP contribution in [0, 0.1) is 18.7 Å². The van der Waals surface area contributed by atoms with Gasteiger partial charge in [-0.2, -0.15) is 0 Å². The molecular weight excluding hydrogens is 385 g/mol. The number of rotatable bonds is 7. The standard InChI is InChI=1S/C23H24FN3O3/c1-13-2-5-17(24)9-18(13)20-8-16-11-25-21(27-23(30)14-3-4-14)10-19(16)22(26-20)15(12-29)6-7-28/h2,5,8-11,14-15,28-29H,3-4,6-7,12H2,1H3,(H,25,27,30). The molecule has 156 valence electrons. The smallest absolute Gasteiger partial charge is 0.228 e. The molecule has 0 aliphatic heterocycles. The van der Waals surface area contributed by atoms with E-state index in [1.165, 1.54) is 12.1 Å². The van der Waals surface area contributed by atoms with Crippen LogP contribution in [0.4, 0.5) is 10.2 Å². The highest BCUT2D eigenvalue weighted by Crippen LogP contribution is 2.34. The molecule has 3 aromatic rings. The van der Waals surface area contributed by atoms with E-state index in [0.717, 1.165) is 29.2 Å². The molecule has 0 saturated heterocycles. The first-order chi connectivity index (χ1) is 14.5. The van der Waals surface area contributed by atoms with Gasteiger partial charge < -0.3 is 15.5 Å². The molecule has 3 N–H and O–H groups in total. The number of fused-ring (bicyclic) bond motifs is 1. The van der Waals surface area contributed by atoms with Gasteiger partial charge in [-0.05, 0) is 56.0 Å². The fourth-order valence-corrected chi connectivity index (χ4v) is 3.60. The summed E-state index contributed by atoms with van der Waals surface area (Å²) in [5, 5.41) is 23.7. The number of nitrogens with zero attached hydrogens (tertiary/aromatic N) is 2. The van der Waals surface area contributed by atoms with Crippen LogP contribution in [0.25, 0.3) is 22.0 Å². The second kappa shape index (κ2) is 8.45. The van der Waals surface area contributed by atoms with Crippen molar-refractivity contribution in [3.05, 3.63) is 53.6 Å². The number of hydrogen-bond donors (Lipinski definition) is 3. The normalized spacial score (nSPS) is 14.7. The molecule has 1 atom stereocenters. The number of anilines is 1. The number of aryl methyl sites for hydroxylation is 1. The first-order valence-electron chi connectivity index (χ1n) is 10.1. The first kappa shape index (κ1) is 20.4. The summed E-state index contributed by atoms with van der Waals surface area (Å²) in [6, 6.07) is 8.11. The third-order valence-electron chi connectivity index (χ3n) is 5.50. The van der Waals surface area contributed by atoms with Gasteiger partial charge in [0, 0.05) is 41.0 Å². The third-order valence-corrected chi connectivity index (χ3v) is 5.50. The van der Waals surface area contributed by atoms with Crippen molar-refractivity contribution in [3.8, 4) is 11.3 Å². The summed E-state index contributed by atoms with van der Waals surface area (Å²) in [5.41, 5.74) is 2.69. The van der Waals surface area contributed by atoms with Crippen LogP contribution in [0.15, 0.2) is 36.5 Å². The number of pyridine rings is 2. The van der Waals surface area contributed by atoms with Crippen molar-refractivity contribution in [2.45, 2.75) is 32.1 Å². The van der Waals surface area contributed by atoms with Gasteiger partial charge in [-0.1, -0.05) is 6.07 Å². The van der Waals surface area contributed by atoms with Crippen molar-refractivity contribution in [3.63, 3.8) is 0 Å². The van der Waals surface area contributed by atoms with Crippen LogP contribution in [0.3, 0.4) is 0 Å². The van der Waals surface area contributed by atoms with E-state index in [2.05, 4.69) is 10.3 Å². The first-order valence-corrected chi connectivity index (χ1v) is 10.1. The zero-order valence-corrected chi connectivity index (χ0v) is 16.7. The number of carbonyl (C=O) groups excluding carboxylic acids is 1. The summed E-state index contributed by atoms with van der Waals surface area (Å²) in [5.74, 6) is -0.321. The van der Waals surface area contributed by atoms with Gasteiger partial charge in [0.25, 0.3) is 0 Å². The molecule has 0 radical (unpaired) electrons. The second-order valence-electron chi connectivity index (χ2n) is 7.80. The maximum Gasteiger partial charge on any atom is 0.228 e. The average molecular weight is 409 g/mol. The van der Waals surface area contributed by atoms with Gasteiger partial charge in [-0.3, -0.25) is 9.78 Å². The Morgan fingerprint density at radius 1 is 1.27 bits per heavy atom. The number of hydrogen-bond acceptors (Lipinski definition) is 5. The number of nitrogens with one attached hydrogen (secondary N) is 1. The van der Waals surface area contributed by atoms with E-state index in [4.69, 9.17) is 4.98 Å². The molecule has 1 unspecified atom stereocenters. The Bertz CT molecular complexity index is 1100. The molecule has 0 bridgehead atoms. The van der Waals surface area contributed by atoms with Crippen LogP contribution in [0.5, 0.6) is 0 Å². The van der Waals surface area contributed by atoms with Gasteiger partial charge in [0.2, 0.25) is 5.91 Å². The van der Waals surface area contributed by atoms with Crippen LogP contribution >= 0.6 is 0 Å². The van der Waals surface area contributed by atoms with Gasteiger partial charge >= 0.3 is 0 Å². The van der Waals surface area contributed by atoms with Gasteiger partial charge in [0.1, 0.15) is 11.6 Å². The molecule has 4 rings (SSSR count). The Labute approximate surface area is 173 Å². The summed E-state index contributed by atoms with van der Waals surface area (Å²) in [6.45, 7) is 1.58. The molecule has 1 aliphatic rings. The highest BCUT2D eigenvalue weighted by Gasteiger charge is 2.30. The average Bonchev–Trinajstić information content (AvgIpc) is 3.59. The molecule has 1 amide bonds. The van der Waals surface area contributed by atoms with E-state index >= 15 is 0 Å². The Balaban J connectivity index is 1.85. The van der Waals surface area contributed by atoms with Gasteiger partial charge in [-0.25, -0.2) is 9.37 Å². The number of carbonyl (C=O) groups is 1. The van der Waals surface area contributed by atoms with Crippen molar-refractivity contribution in [1.29, 1.82) is 0 Å². The van der Waals surface area contributed by atoms with E-state index in [9.17, 15) is 19.4 Å².